The van der Waals surface area contributed by atoms with Gasteiger partial charge in [0.05, 0.1) is 0 Å². The van der Waals surface area contributed by atoms with Gasteiger partial charge in [0.25, 0.3) is 0 Å². The molecule has 0 aliphatic rings. The van der Waals surface area contributed by atoms with E-state index in [-0.39, 0.29) is 0 Å². The van der Waals surface area contributed by atoms with Crippen LogP contribution in [0.15, 0.2) is 109 Å². The second-order valence-corrected chi connectivity index (χ2v) is 9.11. The minimum atomic E-state index is 0.526. The standard InChI is InChI=1S/C32H26/c1-22(18-31-27-14-6-2-10-23(27)20-24-11-3-7-15-28(24)31)19-32-29-16-8-4-12-25(29)21-26-13-5-9-17-30(26)32/h2-17,20-22H,18-19H2,1H3. The Morgan fingerprint density at radius 1 is 0.438 bits per heavy atom. The highest BCUT2D eigenvalue weighted by atomic mass is 14.2. The summed E-state index contributed by atoms with van der Waals surface area (Å²) in [5, 5.41) is 10.9. The van der Waals surface area contributed by atoms with Crippen molar-refractivity contribution < 1.29 is 0 Å². The molecule has 154 valence electrons. The molecule has 0 nitrogen and oxygen atoms in total. The summed E-state index contributed by atoms with van der Waals surface area (Å²) < 4.78 is 0. The number of rotatable bonds is 4. The molecule has 0 spiro atoms. The first-order valence-electron chi connectivity index (χ1n) is 11.6. The molecule has 0 fully saturated rings. The molecule has 0 heterocycles. The summed E-state index contributed by atoms with van der Waals surface area (Å²) in [6.07, 6.45) is 2.14. The Kier molecular flexibility index (Phi) is 4.65. The molecule has 0 radical (unpaired) electrons. The quantitative estimate of drug-likeness (QED) is 0.255. The zero-order valence-electron chi connectivity index (χ0n) is 18.4. The van der Waals surface area contributed by atoms with Crippen molar-refractivity contribution in [2.75, 3.05) is 0 Å². The van der Waals surface area contributed by atoms with Crippen LogP contribution in [0.3, 0.4) is 0 Å². The van der Waals surface area contributed by atoms with E-state index in [4.69, 9.17) is 0 Å². The fourth-order valence-electron chi connectivity index (χ4n) is 5.42. The predicted molar refractivity (Wildman–Crippen MR) is 139 cm³/mol. The van der Waals surface area contributed by atoms with Gasteiger partial charge in [-0.2, -0.15) is 0 Å². The number of fused-ring (bicyclic) bond motifs is 4. The average molecular weight is 411 g/mol. The highest BCUT2D eigenvalue weighted by Crippen LogP contribution is 2.34. The van der Waals surface area contributed by atoms with Crippen molar-refractivity contribution in [3.8, 4) is 0 Å². The lowest BCUT2D eigenvalue weighted by atomic mass is 9.85. The van der Waals surface area contributed by atoms with E-state index < -0.39 is 0 Å². The molecule has 0 saturated heterocycles. The first-order valence-corrected chi connectivity index (χ1v) is 11.6. The Hall–Kier alpha value is -3.64. The molecule has 0 heteroatoms. The maximum Gasteiger partial charge on any atom is -0.0145 e. The second kappa shape index (κ2) is 7.80. The van der Waals surface area contributed by atoms with Crippen LogP contribution in [0.25, 0.3) is 43.1 Å². The van der Waals surface area contributed by atoms with Gasteiger partial charge in [-0.15, -0.1) is 0 Å². The lowest BCUT2D eigenvalue weighted by Crippen LogP contribution is -2.06. The fourth-order valence-corrected chi connectivity index (χ4v) is 5.42. The first kappa shape index (κ1) is 19.1. The Morgan fingerprint density at radius 2 is 0.719 bits per heavy atom. The van der Waals surface area contributed by atoms with E-state index in [9.17, 15) is 0 Å². The third kappa shape index (κ3) is 3.24. The third-order valence-corrected chi connectivity index (χ3v) is 6.87. The molecule has 0 aromatic heterocycles. The Bertz CT molecular complexity index is 1360. The van der Waals surface area contributed by atoms with Crippen LogP contribution in [0.5, 0.6) is 0 Å². The van der Waals surface area contributed by atoms with Gasteiger partial charge in [0.2, 0.25) is 0 Å². The average Bonchev–Trinajstić information content (AvgIpc) is 2.84. The molecule has 0 atom stereocenters. The van der Waals surface area contributed by atoms with E-state index in [0.717, 1.165) is 12.8 Å². The van der Waals surface area contributed by atoms with Gasteiger partial charge >= 0.3 is 0 Å². The van der Waals surface area contributed by atoms with Crippen molar-refractivity contribution in [1.82, 2.24) is 0 Å². The molecule has 6 aromatic rings. The van der Waals surface area contributed by atoms with Crippen LogP contribution in [0.2, 0.25) is 0 Å². The smallest absolute Gasteiger partial charge is 0.0145 e. The van der Waals surface area contributed by atoms with Crippen LogP contribution >= 0.6 is 0 Å². The normalized spacial score (nSPS) is 11.8. The van der Waals surface area contributed by atoms with Crippen LogP contribution < -0.4 is 0 Å². The molecule has 6 aromatic carbocycles. The highest BCUT2D eigenvalue weighted by molar-refractivity contribution is 6.03. The van der Waals surface area contributed by atoms with Gasteiger partial charge in [-0.1, -0.05) is 104 Å². The molecule has 0 unspecified atom stereocenters. The van der Waals surface area contributed by atoms with E-state index in [2.05, 4.69) is 116 Å². The molecule has 6 rings (SSSR count). The molecule has 32 heavy (non-hydrogen) atoms. The van der Waals surface area contributed by atoms with Gasteiger partial charge in [0.15, 0.2) is 0 Å². The van der Waals surface area contributed by atoms with Crippen LogP contribution in [-0.4, -0.2) is 0 Å². The van der Waals surface area contributed by atoms with E-state index in [1.165, 1.54) is 54.2 Å². The summed E-state index contributed by atoms with van der Waals surface area (Å²) in [4.78, 5) is 0. The second-order valence-electron chi connectivity index (χ2n) is 9.11. The van der Waals surface area contributed by atoms with Gasteiger partial charge in [0.1, 0.15) is 0 Å². The van der Waals surface area contributed by atoms with Gasteiger partial charge in [-0.25, -0.2) is 0 Å². The van der Waals surface area contributed by atoms with Crippen LogP contribution in [0, 0.1) is 5.92 Å². The monoisotopic (exact) mass is 410 g/mol. The molecule has 0 aliphatic heterocycles. The lowest BCUT2D eigenvalue weighted by Gasteiger charge is -2.19. The van der Waals surface area contributed by atoms with Crippen molar-refractivity contribution in [1.29, 1.82) is 0 Å². The zero-order valence-corrected chi connectivity index (χ0v) is 18.4. The van der Waals surface area contributed by atoms with E-state index in [1.807, 2.05) is 0 Å². The number of hydrogen-bond donors (Lipinski definition) is 0. The minimum absolute atomic E-state index is 0.526. The number of benzene rings is 6. The highest BCUT2D eigenvalue weighted by Gasteiger charge is 2.15. The molecule has 0 amide bonds. The molecule has 0 aliphatic carbocycles. The Morgan fingerprint density at radius 3 is 1.03 bits per heavy atom. The van der Waals surface area contributed by atoms with E-state index in [0.29, 0.717) is 5.92 Å². The number of hydrogen-bond acceptors (Lipinski definition) is 0. The molecular formula is C32H26. The largest absolute Gasteiger partial charge is 0.0619 e. The van der Waals surface area contributed by atoms with E-state index in [1.54, 1.807) is 0 Å². The lowest BCUT2D eigenvalue weighted by molar-refractivity contribution is 0.585. The van der Waals surface area contributed by atoms with Crippen molar-refractivity contribution in [3.05, 3.63) is 120 Å². The summed E-state index contributed by atoms with van der Waals surface area (Å²) in [6, 6.07) is 40.1. The van der Waals surface area contributed by atoms with E-state index >= 15 is 0 Å². The van der Waals surface area contributed by atoms with Gasteiger partial charge in [-0.3, -0.25) is 0 Å². The fraction of sp³-hybridized carbons (Fsp3) is 0.125. The van der Waals surface area contributed by atoms with Crippen molar-refractivity contribution in [2.45, 2.75) is 19.8 Å². The Labute approximate surface area is 189 Å². The minimum Gasteiger partial charge on any atom is -0.0619 e. The predicted octanol–water partition coefficient (Wildman–Crippen LogP) is 8.72. The maximum absolute atomic E-state index is 2.41. The summed E-state index contributed by atoms with van der Waals surface area (Å²) in [5.74, 6) is 0.526. The third-order valence-electron chi connectivity index (χ3n) is 6.87. The maximum atomic E-state index is 2.41. The van der Waals surface area contributed by atoms with Gasteiger partial charge < -0.3 is 0 Å². The zero-order chi connectivity index (χ0) is 21.5. The Balaban J connectivity index is 1.47. The summed E-state index contributed by atoms with van der Waals surface area (Å²) >= 11 is 0. The van der Waals surface area contributed by atoms with Gasteiger partial charge in [0, 0.05) is 0 Å². The van der Waals surface area contributed by atoms with Crippen molar-refractivity contribution in [3.63, 3.8) is 0 Å². The topological polar surface area (TPSA) is 0 Å². The van der Waals surface area contributed by atoms with Crippen molar-refractivity contribution >= 4 is 43.1 Å². The summed E-state index contributed by atoms with van der Waals surface area (Å²) in [5.41, 5.74) is 2.96. The van der Waals surface area contributed by atoms with Crippen LogP contribution in [0.1, 0.15) is 18.1 Å². The molecule has 0 bridgehead atoms. The SMILES string of the molecule is CC(Cc1c2ccccc2cc2ccccc12)Cc1c2ccccc2cc2ccccc12. The van der Waals surface area contributed by atoms with Crippen molar-refractivity contribution in [2.24, 2.45) is 5.92 Å². The summed E-state index contributed by atoms with van der Waals surface area (Å²) in [7, 11) is 0. The van der Waals surface area contributed by atoms with Crippen LogP contribution in [0.4, 0.5) is 0 Å². The molecular weight excluding hydrogens is 384 g/mol. The van der Waals surface area contributed by atoms with Crippen LogP contribution in [-0.2, 0) is 12.8 Å². The first-order chi connectivity index (χ1) is 15.8. The summed E-state index contributed by atoms with van der Waals surface area (Å²) in [6.45, 7) is 2.41. The molecule has 0 saturated carbocycles. The molecule has 0 N–H and O–H groups in total. The van der Waals surface area contributed by atoms with Gasteiger partial charge in [-0.05, 0) is 85.1 Å².